The molecule has 128 valence electrons. The van der Waals surface area contributed by atoms with Crippen LogP contribution < -0.4 is 21.3 Å². The first kappa shape index (κ1) is 16.5. The van der Waals surface area contributed by atoms with Crippen LogP contribution in [-0.2, 0) is 20.6 Å². The first-order valence-electron chi connectivity index (χ1n) is 7.85. The summed E-state index contributed by atoms with van der Waals surface area (Å²) in [4.78, 5) is 23.9. The molecule has 24 heavy (non-hydrogen) atoms. The van der Waals surface area contributed by atoms with Gasteiger partial charge < -0.3 is 15.2 Å². The minimum Gasteiger partial charge on any atom is -0.493 e. The minimum absolute atomic E-state index is 0.0124. The van der Waals surface area contributed by atoms with Crippen molar-refractivity contribution in [3.05, 3.63) is 62.4 Å². The van der Waals surface area contributed by atoms with Gasteiger partial charge >= 0.3 is 5.69 Å². The number of rotatable bonds is 4. The molecule has 0 unspecified atom stereocenters. The summed E-state index contributed by atoms with van der Waals surface area (Å²) < 4.78 is 8.20. The van der Waals surface area contributed by atoms with E-state index >= 15 is 0 Å². The molecule has 0 aliphatic carbocycles. The Morgan fingerprint density at radius 2 is 2.00 bits per heavy atom. The highest BCUT2D eigenvalue weighted by Crippen LogP contribution is 2.35. The smallest absolute Gasteiger partial charge is 0.330 e. The molecular formula is C17H21N3O4. The van der Waals surface area contributed by atoms with Gasteiger partial charge in [-0.1, -0.05) is 18.2 Å². The molecule has 2 aromatic rings. The van der Waals surface area contributed by atoms with Gasteiger partial charge in [0.2, 0.25) is 0 Å². The zero-order chi connectivity index (χ0) is 17.3. The van der Waals surface area contributed by atoms with Crippen LogP contribution >= 0.6 is 0 Å². The summed E-state index contributed by atoms with van der Waals surface area (Å²) in [6.45, 7) is 0.749. The maximum Gasteiger partial charge on any atom is 0.330 e. The number of hydrogen-bond acceptors (Lipinski definition) is 5. The van der Waals surface area contributed by atoms with Crippen molar-refractivity contribution in [1.82, 2.24) is 14.5 Å². The second-order valence-electron chi connectivity index (χ2n) is 6.02. The topological polar surface area (TPSA) is 85.5 Å². The molecule has 0 fully saturated rings. The number of nitrogens with one attached hydrogen (secondary N) is 1. The fourth-order valence-corrected chi connectivity index (χ4v) is 3.01. The molecule has 0 saturated heterocycles. The Kier molecular flexibility index (Phi) is 4.55. The van der Waals surface area contributed by atoms with Crippen LogP contribution in [0, 0.1) is 5.92 Å². The zero-order valence-electron chi connectivity index (χ0n) is 13.7. The molecule has 1 aromatic carbocycles. The molecule has 2 atom stereocenters. The monoisotopic (exact) mass is 331 g/mol. The van der Waals surface area contributed by atoms with E-state index in [0.29, 0.717) is 18.8 Å². The lowest BCUT2D eigenvalue weighted by molar-refractivity contribution is 0.110. The highest BCUT2D eigenvalue weighted by atomic mass is 16.5. The molecule has 7 nitrogen and oxygen atoms in total. The number of aromatic nitrogens is 2. The third kappa shape index (κ3) is 2.88. The predicted molar refractivity (Wildman–Crippen MR) is 89.0 cm³/mol. The Balaban J connectivity index is 1.89. The second-order valence-corrected chi connectivity index (χ2v) is 6.02. The number of nitrogens with zero attached hydrogens (tertiary/aromatic N) is 2. The fourth-order valence-electron chi connectivity index (χ4n) is 3.01. The Hall–Kier alpha value is -2.38. The lowest BCUT2D eigenvalue weighted by Crippen LogP contribution is -2.41. The minimum atomic E-state index is -0.356. The van der Waals surface area contributed by atoms with Crippen molar-refractivity contribution in [2.24, 2.45) is 20.0 Å². The van der Waals surface area contributed by atoms with Crippen molar-refractivity contribution in [3.63, 3.8) is 0 Å². The summed E-state index contributed by atoms with van der Waals surface area (Å²) in [6, 6.07) is 9.01. The average molecular weight is 331 g/mol. The summed E-state index contributed by atoms with van der Waals surface area (Å²) >= 11 is 0. The highest BCUT2D eigenvalue weighted by Gasteiger charge is 2.30. The quantitative estimate of drug-likeness (QED) is 0.818. The summed E-state index contributed by atoms with van der Waals surface area (Å²) in [5.74, 6) is 0.695. The van der Waals surface area contributed by atoms with Crippen molar-refractivity contribution in [3.8, 4) is 5.75 Å². The van der Waals surface area contributed by atoms with Crippen LogP contribution in [-0.4, -0.2) is 27.5 Å². The molecule has 0 saturated carbocycles. The van der Waals surface area contributed by atoms with Crippen molar-refractivity contribution in [2.45, 2.75) is 12.6 Å². The van der Waals surface area contributed by atoms with Gasteiger partial charge in [-0.2, -0.15) is 0 Å². The molecule has 0 bridgehead atoms. The Morgan fingerprint density at radius 3 is 2.75 bits per heavy atom. The van der Waals surface area contributed by atoms with E-state index in [0.717, 1.165) is 15.9 Å². The molecule has 7 heteroatoms. The highest BCUT2D eigenvalue weighted by molar-refractivity contribution is 5.38. The number of ether oxygens (including phenoxy) is 1. The van der Waals surface area contributed by atoms with Crippen LogP contribution in [0.25, 0.3) is 0 Å². The van der Waals surface area contributed by atoms with Crippen LogP contribution in [0.15, 0.2) is 39.9 Å². The Bertz CT molecular complexity index is 856. The zero-order valence-corrected chi connectivity index (χ0v) is 13.7. The molecule has 2 N–H and O–H groups in total. The van der Waals surface area contributed by atoms with E-state index in [1.54, 1.807) is 7.05 Å². The lowest BCUT2D eigenvalue weighted by atomic mass is 9.91. The van der Waals surface area contributed by atoms with E-state index in [9.17, 15) is 14.7 Å². The first-order valence-corrected chi connectivity index (χ1v) is 7.85. The van der Waals surface area contributed by atoms with Crippen molar-refractivity contribution in [2.75, 3.05) is 13.2 Å². The Labute approximate surface area is 139 Å². The molecular weight excluding hydrogens is 310 g/mol. The maximum atomic E-state index is 12.0. The predicted octanol–water partition coefficient (Wildman–Crippen LogP) is -0.0842. The maximum absolute atomic E-state index is 12.0. The molecule has 3 rings (SSSR count). The summed E-state index contributed by atoms with van der Waals surface area (Å²) in [5.41, 5.74) is 0.881. The van der Waals surface area contributed by atoms with E-state index < -0.39 is 0 Å². The van der Waals surface area contributed by atoms with Crippen LogP contribution in [0.2, 0.25) is 0 Å². The van der Waals surface area contributed by atoms with Gasteiger partial charge in [-0.25, -0.2) is 4.79 Å². The first-order chi connectivity index (χ1) is 11.5. The molecule has 0 amide bonds. The molecule has 1 aliphatic rings. The van der Waals surface area contributed by atoms with E-state index in [4.69, 9.17) is 4.74 Å². The normalized spacial score (nSPS) is 19.6. The Morgan fingerprint density at radius 1 is 1.25 bits per heavy atom. The average Bonchev–Trinajstić information content (AvgIpc) is 2.61. The number of aliphatic hydroxyl groups excluding tert-OH is 1. The summed E-state index contributed by atoms with van der Waals surface area (Å²) in [7, 11) is 3.10. The van der Waals surface area contributed by atoms with E-state index in [-0.39, 0.29) is 29.8 Å². The lowest BCUT2D eigenvalue weighted by Gasteiger charge is -2.33. The number of para-hydroxylation sites is 1. The van der Waals surface area contributed by atoms with Gasteiger partial charge in [0, 0.05) is 49.9 Å². The van der Waals surface area contributed by atoms with Crippen molar-refractivity contribution in [1.29, 1.82) is 0 Å². The number of hydrogen-bond donors (Lipinski definition) is 2. The van der Waals surface area contributed by atoms with E-state index in [1.165, 1.54) is 17.7 Å². The van der Waals surface area contributed by atoms with Crippen molar-refractivity contribution >= 4 is 0 Å². The van der Waals surface area contributed by atoms with Gasteiger partial charge in [0.05, 0.1) is 13.2 Å². The van der Waals surface area contributed by atoms with Gasteiger partial charge in [-0.15, -0.1) is 0 Å². The van der Waals surface area contributed by atoms with Crippen LogP contribution in [0.4, 0.5) is 0 Å². The molecule has 0 radical (unpaired) electrons. The van der Waals surface area contributed by atoms with Crippen LogP contribution in [0.5, 0.6) is 5.75 Å². The van der Waals surface area contributed by atoms with Gasteiger partial charge in [0.15, 0.2) is 0 Å². The number of aliphatic hydroxyl groups is 1. The van der Waals surface area contributed by atoms with Gasteiger partial charge in [-0.05, 0) is 6.07 Å². The second kappa shape index (κ2) is 6.62. The summed E-state index contributed by atoms with van der Waals surface area (Å²) in [6.07, 6.45) is 0. The largest absolute Gasteiger partial charge is 0.493 e. The number of fused-ring (bicyclic) bond motifs is 1. The standard InChI is InChI=1S/C17H21N3O4/c1-19-12(7-15(22)20(2)17(19)23)8-18-16-11(9-21)10-24-14-6-4-3-5-13(14)16/h3-7,11,16,18,21H,8-10H2,1-2H3/t11-,16-/m1/s1. The van der Waals surface area contributed by atoms with Crippen LogP contribution in [0.1, 0.15) is 17.3 Å². The summed E-state index contributed by atoms with van der Waals surface area (Å²) in [5, 5.41) is 13.0. The van der Waals surface area contributed by atoms with Gasteiger partial charge in [0.1, 0.15) is 5.75 Å². The van der Waals surface area contributed by atoms with Crippen LogP contribution in [0.3, 0.4) is 0 Å². The van der Waals surface area contributed by atoms with E-state index in [1.807, 2.05) is 24.3 Å². The number of benzene rings is 1. The molecule has 1 aliphatic heterocycles. The third-order valence-corrected chi connectivity index (χ3v) is 4.54. The van der Waals surface area contributed by atoms with Gasteiger partial charge in [-0.3, -0.25) is 13.9 Å². The molecule has 1 aromatic heterocycles. The van der Waals surface area contributed by atoms with Gasteiger partial charge in [0.25, 0.3) is 5.56 Å². The molecule has 0 spiro atoms. The fraction of sp³-hybridized carbons (Fsp3) is 0.412. The molecule has 2 heterocycles. The third-order valence-electron chi connectivity index (χ3n) is 4.54. The van der Waals surface area contributed by atoms with Crippen molar-refractivity contribution < 1.29 is 9.84 Å². The van der Waals surface area contributed by atoms with E-state index in [2.05, 4.69) is 5.32 Å². The SMILES string of the molecule is Cn1c(CN[C@H]2c3ccccc3OC[C@H]2CO)cc(=O)n(C)c1=O.